The van der Waals surface area contributed by atoms with Gasteiger partial charge < -0.3 is 0 Å². The lowest BCUT2D eigenvalue weighted by atomic mass is 10.3. The van der Waals surface area contributed by atoms with Crippen molar-refractivity contribution >= 4 is 37.5 Å². The molecule has 0 aliphatic rings. The third-order valence-electron chi connectivity index (χ3n) is 2.51. The second-order valence-electron chi connectivity index (χ2n) is 3.83. The van der Waals surface area contributed by atoms with Crippen LogP contribution in [0.15, 0.2) is 23.2 Å². The molecule has 0 N–H and O–H groups in total. The van der Waals surface area contributed by atoms with Gasteiger partial charge in [-0.15, -0.1) is 11.3 Å². The van der Waals surface area contributed by atoms with Gasteiger partial charge in [-0.2, -0.15) is 5.10 Å². The molecular formula is C11H9BrN4S. The van der Waals surface area contributed by atoms with Crippen LogP contribution in [0.1, 0.15) is 5.56 Å². The molecule has 0 aliphatic heterocycles. The Kier molecular flexibility index (Phi) is 2.48. The summed E-state index contributed by atoms with van der Waals surface area (Å²) < 4.78 is 3.72. The van der Waals surface area contributed by atoms with Crippen LogP contribution in [0.5, 0.6) is 0 Å². The summed E-state index contributed by atoms with van der Waals surface area (Å²) in [7, 11) is 1.90. The molecule has 3 rings (SSSR count). The van der Waals surface area contributed by atoms with Gasteiger partial charge >= 0.3 is 0 Å². The molecule has 0 fully saturated rings. The van der Waals surface area contributed by atoms with Gasteiger partial charge in [0.05, 0.1) is 16.4 Å². The Morgan fingerprint density at radius 3 is 2.82 bits per heavy atom. The van der Waals surface area contributed by atoms with Gasteiger partial charge in [0.1, 0.15) is 9.61 Å². The van der Waals surface area contributed by atoms with Crippen molar-refractivity contribution in [3.8, 4) is 10.6 Å². The van der Waals surface area contributed by atoms with E-state index in [0.29, 0.717) is 0 Å². The van der Waals surface area contributed by atoms with Crippen LogP contribution >= 0.6 is 27.3 Å². The third-order valence-corrected chi connectivity index (χ3v) is 4.49. The lowest BCUT2D eigenvalue weighted by molar-refractivity contribution is 0.768. The van der Waals surface area contributed by atoms with E-state index in [4.69, 9.17) is 0 Å². The number of hydrogen-bond donors (Lipinski definition) is 0. The number of hydrogen-bond acceptors (Lipinski definition) is 4. The Morgan fingerprint density at radius 1 is 1.35 bits per heavy atom. The molecule has 0 amide bonds. The van der Waals surface area contributed by atoms with Crippen molar-refractivity contribution in [2.75, 3.05) is 0 Å². The summed E-state index contributed by atoms with van der Waals surface area (Å²) in [6.07, 6.45) is 5.63. The molecule has 0 spiro atoms. The predicted octanol–water partition coefficient (Wildman–Crippen LogP) is 3.16. The summed E-state index contributed by atoms with van der Waals surface area (Å²) in [4.78, 5) is 8.94. The third kappa shape index (κ3) is 1.77. The maximum atomic E-state index is 4.65. The summed E-state index contributed by atoms with van der Waals surface area (Å²) in [5, 5.41) is 5.14. The normalized spacial score (nSPS) is 11.2. The van der Waals surface area contributed by atoms with E-state index >= 15 is 0 Å². The van der Waals surface area contributed by atoms with Crippen LogP contribution < -0.4 is 0 Å². The van der Waals surface area contributed by atoms with Crippen LogP contribution in [0, 0.1) is 6.92 Å². The maximum Gasteiger partial charge on any atom is 0.127 e. The Morgan fingerprint density at radius 2 is 2.18 bits per heavy atom. The molecule has 0 aliphatic carbocycles. The first-order chi connectivity index (χ1) is 8.15. The van der Waals surface area contributed by atoms with Crippen LogP contribution in [-0.2, 0) is 7.05 Å². The summed E-state index contributed by atoms with van der Waals surface area (Å²) in [5.74, 6) is 0. The molecule has 0 radical (unpaired) electrons. The van der Waals surface area contributed by atoms with Crippen LogP contribution in [0.3, 0.4) is 0 Å². The van der Waals surface area contributed by atoms with Gasteiger partial charge in [-0.1, -0.05) is 0 Å². The lowest BCUT2D eigenvalue weighted by Gasteiger charge is -1.93. The first kappa shape index (κ1) is 10.9. The van der Waals surface area contributed by atoms with Crippen LogP contribution in [0.2, 0.25) is 0 Å². The molecule has 86 valence electrons. The lowest BCUT2D eigenvalue weighted by Crippen LogP contribution is -1.84. The molecule has 0 atom stereocenters. The van der Waals surface area contributed by atoms with Crippen molar-refractivity contribution in [2.45, 2.75) is 6.92 Å². The van der Waals surface area contributed by atoms with E-state index in [2.05, 4.69) is 31.0 Å². The van der Waals surface area contributed by atoms with E-state index in [1.165, 1.54) is 0 Å². The average molecular weight is 309 g/mol. The average Bonchev–Trinajstić information content (AvgIpc) is 2.90. The van der Waals surface area contributed by atoms with E-state index in [-0.39, 0.29) is 0 Å². The fourth-order valence-corrected chi connectivity index (χ4v) is 3.18. The largest absolute Gasteiger partial charge is 0.275 e. The fourth-order valence-electron chi connectivity index (χ4n) is 1.66. The first-order valence-electron chi connectivity index (χ1n) is 5.06. The number of pyridine rings is 1. The van der Waals surface area contributed by atoms with Crippen LogP contribution in [0.4, 0.5) is 0 Å². The van der Waals surface area contributed by atoms with Crippen molar-refractivity contribution < 1.29 is 0 Å². The maximum absolute atomic E-state index is 4.65. The van der Waals surface area contributed by atoms with Gasteiger partial charge in [0.25, 0.3) is 0 Å². The molecule has 0 bridgehead atoms. The molecule has 6 heteroatoms. The molecule has 3 aromatic heterocycles. The van der Waals surface area contributed by atoms with Gasteiger partial charge in [0, 0.05) is 25.0 Å². The fraction of sp³-hybridized carbons (Fsp3) is 0.182. The highest BCUT2D eigenvalue weighted by atomic mass is 79.9. The van der Waals surface area contributed by atoms with Crippen LogP contribution in [0.25, 0.3) is 20.8 Å². The summed E-state index contributed by atoms with van der Waals surface area (Å²) in [6, 6.07) is 0. The first-order valence-corrected chi connectivity index (χ1v) is 6.67. The zero-order chi connectivity index (χ0) is 12.0. The molecule has 3 heterocycles. The van der Waals surface area contributed by atoms with Crippen molar-refractivity contribution in [2.24, 2.45) is 7.05 Å². The van der Waals surface area contributed by atoms with Gasteiger partial charge in [-0.25, -0.2) is 9.97 Å². The van der Waals surface area contributed by atoms with E-state index in [1.807, 2.05) is 32.6 Å². The standard InChI is InChI=1S/C11H9BrN4S/c1-6-3-13-10(12)9-8(6)15-11(17-9)7-4-14-16(2)5-7/h3-5H,1-2H3. The van der Waals surface area contributed by atoms with E-state index < -0.39 is 0 Å². The van der Waals surface area contributed by atoms with Crippen molar-refractivity contribution in [1.82, 2.24) is 19.7 Å². The highest BCUT2D eigenvalue weighted by Gasteiger charge is 2.12. The van der Waals surface area contributed by atoms with Gasteiger partial charge in [0.2, 0.25) is 0 Å². The Balaban J connectivity index is 2.26. The number of halogens is 1. The number of rotatable bonds is 1. The van der Waals surface area contributed by atoms with Crippen LogP contribution in [-0.4, -0.2) is 19.7 Å². The van der Waals surface area contributed by atoms with Crippen molar-refractivity contribution in [3.63, 3.8) is 0 Å². The Labute approximate surface area is 110 Å². The van der Waals surface area contributed by atoms with Gasteiger partial charge in [-0.3, -0.25) is 4.68 Å². The molecule has 3 aromatic rings. The smallest absolute Gasteiger partial charge is 0.127 e. The minimum Gasteiger partial charge on any atom is -0.275 e. The SMILES string of the molecule is Cc1cnc(Br)c2sc(-c3cnn(C)c3)nc12. The minimum absolute atomic E-state index is 0.853. The molecular weight excluding hydrogens is 300 g/mol. The predicted molar refractivity (Wildman–Crippen MR) is 72.1 cm³/mol. The molecule has 17 heavy (non-hydrogen) atoms. The van der Waals surface area contributed by atoms with Crippen molar-refractivity contribution in [3.05, 3.63) is 28.8 Å². The monoisotopic (exact) mass is 308 g/mol. The van der Waals surface area contributed by atoms with E-state index in [1.54, 1.807) is 16.0 Å². The summed E-state index contributed by atoms with van der Waals surface area (Å²) >= 11 is 5.09. The second kappa shape index (κ2) is 3.89. The topological polar surface area (TPSA) is 43.6 Å². The number of nitrogens with zero attached hydrogens (tertiary/aromatic N) is 4. The molecule has 0 aromatic carbocycles. The molecule has 0 saturated carbocycles. The number of aryl methyl sites for hydroxylation is 2. The minimum atomic E-state index is 0.853. The Bertz CT molecular complexity index is 662. The number of aromatic nitrogens is 4. The number of fused-ring (bicyclic) bond motifs is 1. The molecule has 4 nitrogen and oxygen atoms in total. The van der Waals surface area contributed by atoms with Crippen molar-refractivity contribution in [1.29, 1.82) is 0 Å². The van der Waals surface area contributed by atoms with E-state index in [9.17, 15) is 0 Å². The number of thiazole rings is 1. The zero-order valence-corrected chi connectivity index (χ0v) is 11.7. The van der Waals surface area contributed by atoms with Gasteiger partial charge in [-0.05, 0) is 28.4 Å². The molecule has 0 unspecified atom stereocenters. The summed E-state index contributed by atoms with van der Waals surface area (Å²) in [5.41, 5.74) is 3.14. The van der Waals surface area contributed by atoms with E-state index in [0.717, 1.165) is 31.0 Å². The quantitative estimate of drug-likeness (QED) is 0.649. The molecule has 0 saturated heterocycles. The Hall–Kier alpha value is -1.27. The second-order valence-corrected chi connectivity index (χ2v) is 5.58. The summed E-state index contributed by atoms with van der Waals surface area (Å²) in [6.45, 7) is 2.02. The highest BCUT2D eigenvalue weighted by molar-refractivity contribution is 9.10. The van der Waals surface area contributed by atoms with Gasteiger partial charge in [0.15, 0.2) is 0 Å². The highest BCUT2D eigenvalue weighted by Crippen LogP contribution is 2.34. The zero-order valence-electron chi connectivity index (χ0n) is 9.31.